The topological polar surface area (TPSA) is 28.2 Å². The van der Waals surface area contributed by atoms with Gasteiger partial charge in [0.2, 0.25) is 0 Å². The lowest BCUT2D eigenvalue weighted by Crippen LogP contribution is -2.32. The Labute approximate surface area is 96.5 Å². The molecule has 4 heteroatoms. The first-order valence-electron chi connectivity index (χ1n) is 5.68. The van der Waals surface area contributed by atoms with Crippen LogP contribution in [-0.2, 0) is 6.42 Å². The highest BCUT2D eigenvalue weighted by Crippen LogP contribution is 2.03. The minimum atomic E-state index is 1.04. The van der Waals surface area contributed by atoms with E-state index in [-0.39, 0.29) is 0 Å². The maximum absolute atomic E-state index is 4.25. The van der Waals surface area contributed by atoms with Gasteiger partial charge in [0, 0.05) is 37.6 Å². The second kappa shape index (κ2) is 7.79. The number of likely N-dealkylation sites (N-methyl/N-ethyl adjacent to an activating group) is 1. The summed E-state index contributed by atoms with van der Waals surface area (Å²) in [5, 5.41) is 6.71. The van der Waals surface area contributed by atoms with Crippen molar-refractivity contribution in [1.82, 2.24) is 15.2 Å². The molecule has 1 aromatic heterocycles. The van der Waals surface area contributed by atoms with Crippen LogP contribution in [0.2, 0.25) is 0 Å². The van der Waals surface area contributed by atoms with Gasteiger partial charge in [-0.2, -0.15) is 0 Å². The molecule has 0 aromatic carbocycles. The molecule has 1 rings (SSSR count). The second-order valence-corrected chi connectivity index (χ2v) is 4.43. The van der Waals surface area contributed by atoms with Crippen LogP contribution in [0, 0.1) is 0 Å². The van der Waals surface area contributed by atoms with E-state index in [0.29, 0.717) is 0 Å². The van der Waals surface area contributed by atoms with E-state index >= 15 is 0 Å². The van der Waals surface area contributed by atoms with Gasteiger partial charge in [-0.15, -0.1) is 11.3 Å². The minimum Gasteiger partial charge on any atom is -0.315 e. The fraction of sp³-hybridized carbons (Fsp3) is 0.727. The smallest absolute Gasteiger partial charge is 0.0937 e. The van der Waals surface area contributed by atoms with Crippen molar-refractivity contribution in [2.75, 3.05) is 32.7 Å². The molecule has 15 heavy (non-hydrogen) atoms. The summed E-state index contributed by atoms with van der Waals surface area (Å²) in [6, 6.07) is 0. The summed E-state index contributed by atoms with van der Waals surface area (Å²) in [7, 11) is 0. The summed E-state index contributed by atoms with van der Waals surface area (Å²) in [5.41, 5.74) is 0. The average Bonchev–Trinajstić information content (AvgIpc) is 2.76. The Morgan fingerprint density at radius 2 is 2.13 bits per heavy atom. The first kappa shape index (κ1) is 12.6. The number of nitrogens with zero attached hydrogens (tertiary/aromatic N) is 2. The number of aromatic nitrogens is 1. The van der Waals surface area contributed by atoms with E-state index < -0.39 is 0 Å². The summed E-state index contributed by atoms with van der Waals surface area (Å²) in [4.78, 5) is 6.68. The van der Waals surface area contributed by atoms with Crippen LogP contribution < -0.4 is 5.32 Å². The highest BCUT2D eigenvalue weighted by molar-refractivity contribution is 7.09. The summed E-state index contributed by atoms with van der Waals surface area (Å²) >= 11 is 1.73. The second-order valence-electron chi connectivity index (χ2n) is 3.45. The molecule has 3 nitrogen and oxygen atoms in total. The summed E-state index contributed by atoms with van der Waals surface area (Å²) in [6.45, 7) is 9.96. The Kier molecular flexibility index (Phi) is 6.55. The van der Waals surface area contributed by atoms with Crippen molar-refractivity contribution in [3.63, 3.8) is 0 Å². The van der Waals surface area contributed by atoms with Crippen LogP contribution in [0.3, 0.4) is 0 Å². The standard InChI is InChI=1S/C11H21N3S/c1-3-14(4-2)9-7-12-6-5-11-13-8-10-15-11/h8,10,12H,3-7,9H2,1-2H3. The molecule has 1 heterocycles. The predicted octanol–water partition coefficient (Wildman–Crippen LogP) is 1.62. The van der Waals surface area contributed by atoms with Gasteiger partial charge in [-0.05, 0) is 13.1 Å². The third-order valence-electron chi connectivity index (χ3n) is 2.50. The number of nitrogens with one attached hydrogen (secondary N) is 1. The van der Waals surface area contributed by atoms with E-state index in [1.165, 1.54) is 5.01 Å². The van der Waals surface area contributed by atoms with Crippen molar-refractivity contribution >= 4 is 11.3 Å². The van der Waals surface area contributed by atoms with E-state index in [0.717, 1.165) is 39.1 Å². The van der Waals surface area contributed by atoms with Gasteiger partial charge < -0.3 is 10.2 Å². The first-order valence-corrected chi connectivity index (χ1v) is 6.56. The molecule has 0 radical (unpaired) electrons. The Morgan fingerprint density at radius 1 is 1.33 bits per heavy atom. The van der Waals surface area contributed by atoms with Crippen molar-refractivity contribution in [3.8, 4) is 0 Å². The van der Waals surface area contributed by atoms with Gasteiger partial charge in [0.05, 0.1) is 5.01 Å². The third-order valence-corrected chi connectivity index (χ3v) is 3.34. The molecule has 0 fully saturated rings. The largest absolute Gasteiger partial charge is 0.315 e. The normalized spacial score (nSPS) is 11.1. The van der Waals surface area contributed by atoms with Gasteiger partial charge in [-0.1, -0.05) is 13.8 Å². The fourth-order valence-electron chi connectivity index (χ4n) is 1.47. The van der Waals surface area contributed by atoms with Crippen molar-refractivity contribution in [1.29, 1.82) is 0 Å². The zero-order chi connectivity index (χ0) is 10.9. The van der Waals surface area contributed by atoms with Gasteiger partial charge in [-0.25, -0.2) is 4.98 Å². The number of thiazole rings is 1. The molecule has 86 valence electrons. The first-order chi connectivity index (χ1) is 7.36. The molecule has 0 unspecified atom stereocenters. The quantitative estimate of drug-likeness (QED) is 0.684. The van der Waals surface area contributed by atoms with Crippen LogP contribution in [0.15, 0.2) is 11.6 Å². The minimum absolute atomic E-state index is 1.04. The van der Waals surface area contributed by atoms with Gasteiger partial charge in [-0.3, -0.25) is 0 Å². The van der Waals surface area contributed by atoms with E-state index in [9.17, 15) is 0 Å². The molecular weight excluding hydrogens is 206 g/mol. The summed E-state index contributed by atoms with van der Waals surface area (Å²) < 4.78 is 0. The molecule has 0 aliphatic rings. The zero-order valence-electron chi connectivity index (χ0n) is 9.70. The van der Waals surface area contributed by atoms with E-state index in [1.54, 1.807) is 11.3 Å². The molecule has 1 aromatic rings. The van der Waals surface area contributed by atoms with Crippen LogP contribution in [0.25, 0.3) is 0 Å². The van der Waals surface area contributed by atoms with Crippen molar-refractivity contribution < 1.29 is 0 Å². The van der Waals surface area contributed by atoms with Gasteiger partial charge in [0.25, 0.3) is 0 Å². The average molecular weight is 227 g/mol. The van der Waals surface area contributed by atoms with Crippen molar-refractivity contribution in [2.24, 2.45) is 0 Å². The lowest BCUT2D eigenvalue weighted by molar-refractivity contribution is 0.303. The maximum atomic E-state index is 4.25. The van der Waals surface area contributed by atoms with Crippen molar-refractivity contribution in [3.05, 3.63) is 16.6 Å². The number of hydrogen-bond acceptors (Lipinski definition) is 4. The van der Waals surface area contributed by atoms with Gasteiger partial charge in [0.15, 0.2) is 0 Å². The van der Waals surface area contributed by atoms with Gasteiger partial charge >= 0.3 is 0 Å². The monoisotopic (exact) mass is 227 g/mol. The highest BCUT2D eigenvalue weighted by atomic mass is 32.1. The lowest BCUT2D eigenvalue weighted by Gasteiger charge is -2.17. The Morgan fingerprint density at radius 3 is 2.73 bits per heavy atom. The van der Waals surface area contributed by atoms with Crippen LogP contribution in [0.5, 0.6) is 0 Å². The van der Waals surface area contributed by atoms with E-state index in [4.69, 9.17) is 0 Å². The highest BCUT2D eigenvalue weighted by Gasteiger charge is 1.98. The molecule has 0 bridgehead atoms. The number of rotatable bonds is 8. The lowest BCUT2D eigenvalue weighted by atomic mass is 10.4. The van der Waals surface area contributed by atoms with Crippen molar-refractivity contribution in [2.45, 2.75) is 20.3 Å². The Balaban J connectivity index is 1.97. The molecule has 0 saturated carbocycles. The zero-order valence-corrected chi connectivity index (χ0v) is 10.5. The van der Waals surface area contributed by atoms with Crippen LogP contribution >= 0.6 is 11.3 Å². The Hall–Kier alpha value is -0.450. The third kappa shape index (κ3) is 5.25. The molecular formula is C11H21N3S. The molecule has 0 amide bonds. The summed E-state index contributed by atoms with van der Waals surface area (Å²) in [5.74, 6) is 0. The van der Waals surface area contributed by atoms with Crippen LogP contribution in [0.1, 0.15) is 18.9 Å². The van der Waals surface area contributed by atoms with E-state index in [1.807, 2.05) is 11.6 Å². The predicted molar refractivity (Wildman–Crippen MR) is 66.5 cm³/mol. The van der Waals surface area contributed by atoms with Crippen LogP contribution in [0.4, 0.5) is 0 Å². The molecule has 0 spiro atoms. The Bertz CT molecular complexity index is 232. The summed E-state index contributed by atoms with van der Waals surface area (Å²) in [6.07, 6.45) is 2.92. The molecule has 0 atom stereocenters. The van der Waals surface area contributed by atoms with Crippen LogP contribution in [-0.4, -0.2) is 42.6 Å². The van der Waals surface area contributed by atoms with E-state index in [2.05, 4.69) is 29.0 Å². The van der Waals surface area contributed by atoms with Gasteiger partial charge in [0.1, 0.15) is 0 Å². The molecule has 0 aliphatic carbocycles. The maximum Gasteiger partial charge on any atom is 0.0937 e. The number of hydrogen-bond donors (Lipinski definition) is 1. The molecule has 0 saturated heterocycles. The SMILES string of the molecule is CCN(CC)CCNCCc1nccs1. The molecule has 0 aliphatic heterocycles. The fourth-order valence-corrected chi connectivity index (χ4v) is 2.09. The molecule has 1 N–H and O–H groups in total.